The van der Waals surface area contributed by atoms with Crippen molar-refractivity contribution in [2.45, 2.75) is 45.3 Å². The Morgan fingerprint density at radius 3 is 2.89 bits per heavy atom. The SMILES string of the molecule is CCCOc1ccccc1C(O)C1CCOC1CC. The van der Waals surface area contributed by atoms with E-state index in [1.165, 1.54) is 0 Å². The van der Waals surface area contributed by atoms with E-state index in [2.05, 4.69) is 13.8 Å². The summed E-state index contributed by atoms with van der Waals surface area (Å²) in [6.07, 6.45) is 2.49. The minimum absolute atomic E-state index is 0.161. The van der Waals surface area contributed by atoms with E-state index in [0.29, 0.717) is 6.61 Å². The molecular weight excluding hydrogens is 240 g/mol. The van der Waals surface area contributed by atoms with E-state index in [-0.39, 0.29) is 12.0 Å². The van der Waals surface area contributed by atoms with E-state index >= 15 is 0 Å². The normalized spacial score (nSPS) is 24.4. The highest BCUT2D eigenvalue weighted by molar-refractivity contribution is 5.35. The first-order valence-corrected chi connectivity index (χ1v) is 7.29. The van der Waals surface area contributed by atoms with Gasteiger partial charge in [0.2, 0.25) is 0 Å². The van der Waals surface area contributed by atoms with Crippen LogP contribution in [0.3, 0.4) is 0 Å². The van der Waals surface area contributed by atoms with Crippen molar-refractivity contribution in [3.05, 3.63) is 29.8 Å². The van der Waals surface area contributed by atoms with Crippen LogP contribution < -0.4 is 4.74 Å². The zero-order valence-electron chi connectivity index (χ0n) is 11.8. The van der Waals surface area contributed by atoms with Gasteiger partial charge < -0.3 is 14.6 Å². The quantitative estimate of drug-likeness (QED) is 0.856. The van der Waals surface area contributed by atoms with Gasteiger partial charge in [-0.05, 0) is 25.3 Å². The highest BCUT2D eigenvalue weighted by Crippen LogP contribution is 2.38. The minimum Gasteiger partial charge on any atom is -0.493 e. The third-order valence-electron chi connectivity index (χ3n) is 3.77. The van der Waals surface area contributed by atoms with Crippen LogP contribution in [0.5, 0.6) is 5.75 Å². The lowest BCUT2D eigenvalue weighted by Crippen LogP contribution is -2.22. The summed E-state index contributed by atoms with van der Waals surface area (Å²) in [7, 11) is 0. The maximum atomic E-state index is 10.6. The van der Waals surface area contributed by atoms with Crippen LogP contribution in [0.15, 0.2) is 24.3 Å². The number of ether oxygens (including phenoxy) is 2. The number of aliphatic hydroxyl groups is 1. The van der Waals surface area contributed by atoms with Crippen molar-refractivity contribution in [1.29, 1.82) is 0 Å². The molecule has 106 valence electrons. The third-order valence-corrected chi connectivity index (χ3v) is 3.77. The molecule has 1 N–H and O–H groups in total. The molecule has 1 aromatic carbocycles. The van der Waals surface area contributed by atoms with Gasteiger partial charge in [0.15, 0.2) is 0 Å². The molecule has 1 aromatic rings. The van der Waals surface area contributed by atoms with Crippen LogP contribution in [0, 0.1) is 5.92 Å². The van der Waals surface area contributed by atoms with Crippen molar-refractivity contribution in [1.82, 2.24) is 0 Å². The summed E-state index contributed by atoms with van der Waals surface area (Å²) in [5, 5.41) is 10.6. The molecule has 3 nitrogen and oxygen atoms in total. The van der Waals surface area contributed by atoms with Crippen LogP contribution in [0.4, 0.5) is 0 Å². The van der Waals surface area contributed by atoms with Crippen molar-refractivity contribution < 1.29 is 14.6 Å². The van der Waals surface area contributed by atoms with E-state index in [1.54, 1.807) is 0 Å². The number of aliphatic hydroxyl groups excluding tert-OH is 1. The second kappa shape index (κ2) is 6.92. The highest BCUT2D eigenvalue weighted by Gasteiger charge is 2.34. The molecule has 1 heterocycles. The Morgan fingerprint density at radius 2 is 2.16 bits per heavy atom. The van der Waals surface area contributed by atoms with Gasteiger partial charge in [0.05, 0.1) is 18.8 Å². The lowest BCUT2D eigenvalue weighted by Gasteiger charge is -2.24. The van der Waals surface area contributed by atoms with Crippen LogP contribution in [-0.4, -0.2) is 24.4 Å². The molecule has 1 aliphatic heterocycles. The topological polar surface area (TPSA) is 38.7 Å². The van der Waals surface area contributed by atoms with Crippen LogP contribution in [-0.2, 0) is 4.74 Å². The van der Waals surface area contributed by atoms with Crippen LogP contribution >= 0.6 is 0 Å². The maximum Gasteiger partial charge on any atom is 0.125 e. The monoisotopic (exact) mass is 264 g/mol. The predicted molar refractivity (Wildman–Crippen MR) is 75.3 cm³/mol. The molecule has 0 bridgehead atoms. The minimum atomic E-state index is -0.500. The second-order valence-electron chi connectivity index (χ2n) is 5.10. The molecule has 19 heavy (non-hydrogen) atoms. The first-order valence-electron chi connectivity index (χ1n) is 7.29. The Morgan fingerprint density at radius 1 is 1.37 bits per heavy atom. The number of hydrogen-bond acceptors (Lipinski definition) is 3. The summed E-state index contributed by atoms with van der Waals surface area (Å²) in [5.74, 6) is 0.981. The van der Waals surface area contributed by atoms with E-state index in [9.17, 15) is 5.11 Å². The maximum absolute atomic E-state index is 10.6. The Hall–Kier alpha value is -1.06. The lowest BCUT2D eigenvalue weighted by atomic mass is 9.88. The lowest BCUT2D eigenvalue weighted by molar-refractivity contribution is 0.0295. The van der Waals surface area contributed by atoms with Crippen molar-refractivity contribution >= 4 is 0 Å². The van der Waals surface area contributed by atoms with Gasteiger partial charge in [0.25, 0.3) is 0 Å². The van der Waals surface area contributed by atoms with Crippen LogP contribution in [0.1, 0.15) is 44.8 Å². The highest BCUT2D eigenvalue weighted by atomic mass is 16.5. The van der Waals surface area contributed by atoms with Crippen molar-refractivity contribution in [2.24, 2.45) is 5.92 Å². The number of hydrogen-bond donors (Lipinski definition) is 1. The zero-order chi connectivity index (χ0) is 13.7. The van der Waals surface area contributed by atoms with Gasteiger partial charge in [-0.2, -0.15) is 0 Å². The Labute approximate surface area is 115 Å². The van der Waals surface area contributed by atoms with Gasteiger partial charge >= 0.3 is 0 Å². The second-order valence-corrected chi connectivity index (χ2v) is 5.10. The molecule has 0 spiro atoms. The molecule has 1 aliphatic rings. The van der Waals surface area contributed by atoms with Crippen molar-refractivity contribution in [3.63, 3.8) is 0 Å². The van der Waals surface area contributed by atoms with Gasteiger partial charge in [-0.3, -0.25) is 0 Å². The fourth-order valence-electron chi connectivity index (χ4n) is 2.75. The van der Waals surface area contributed by atoms with Crippen molar-refractivity contribution in [2.75, 3.05) is 13.2 Å². The van der Waals surface area contributed by atoms with Gasteiger partial charge in [0, 0.05) is 18.1 Å². The Bertz CT molecular complexity index is 391. The Kier molecular flexibility index (Phi) is 5.23. The molecule has 0 aliphatic carbocycles. The average molecular weight is 264 g/mol. The summed E-state index contributed by atoms with van der Waals surface area (Å²) in [4.78, 5) is 0. The molecular formula is C16H24O3. The fraction of sp³-hybridized carbons (Fsp3) is 0.625. The molecule has 3 unspecified atom stereocenters. The Balaban J connectivity index is 2.15. The van der Waals surface area contributed by atoms with E-state index < -0.39 is 6.10 Å². The summed E-state index contributed by atoms with van der Waals surface area (Å²) in [6, 6.07) is 7.80. The van der Waals surface area contributed by atoms with Crippen LogP contribution in [0.2, 0.25) is 0 Å². The molecule has 0 saturated carbocycles. The molecule has 3 atom stereocenters. The molecule has 3 heteroatoms. The summed E-state index contributed by atoms with van der Waals surface area (Å²) in [6.45, 7) is 5.62. The van der Waals surface area contributed by atoms with Gasteiger partial charge in [0.1, 0.15) is 5.75 Å². The standard InChI is InChI=1S/C16H24O3/c1-3-10-18-15-8-6-5-7-12(15)16(17)13-9-11-19-14(13)4-2/h5-8,13-14,16-17H,3-4,9-11H2,1-2H3. The van der Waals surface area contributed by atoms with Gasteiger partial charge in [-0.1, -0.05) is 32.0 Å². The first-order chi connectivity index (χ1) is 9.27. The fourth-order valence-corrected chi connectivity index (χ4v) is 2.75. The zero-order valence-corrected chi connectivity index (χ0v) is 11.8. The molecule has 0 amide bonds. The summed E-state index contributed by atoms with van der Waals surface area (Å²) in [5.41, 5.74) is 0.893. The smallest absolute Gasteiger partial charge is 0.125 e. The van der Waals surface area contributed by atoms with Gasteiger partial charge in [-0.15, -0.1) is 0 Å². The molecule has 2 rings (SSSR count). The van der Waals surface area contributed by atoms with E-state index in [4.69, 9.17) is 9.47 Å². The number of para-hydroxylation sites is 1. The molecule has 1 fully saturated rings. The molecule has 0 aromatic heterocycles. The largest absolute Gasteiger partial charge is 0.493 e. The predicted octanol–water partition coefficient (Wildman–Crippen LogP) is 3.32. The third kappa shape index (κ3) is 3.28. The number of benzene rings is 1. The molecule has 1 saturated heterocycles. The first kappa shape index (κ1) is 14.4. The van der Waals surface area contributed by atoms with E-state index in [0.717, 1.165) is 37.2 Å². The summed E-state index contributed by atoms with van der Waals surface area (Å²) >= 11 is 0. The molecule has 0 radical (unpaired) electrons. The van der Waals surface area contributed by atoms with E-state index in [1.807, 2.05) is 24.3 Å². The van der Waals surface area contributed by atoms with Crippen molar-refractivity contribution in [3.8, 4) is 5.75 Å². The number of rotatable bonds is 6. The van der Waals surface area contributed by atoms with Gasteiger partial charge in [-0.25, -0.2) is 0 Å². The summed E-state index contributed by atoms with van der Waals surface area (Å²) < 4.78 is 11.4. The van der Waals surface area contributed by atoms with Crippen LogP contribution in [0.25, 0.3) is 0 Å². The average Bonchev–Trinajstić information content (AvgIpc) is 2.93.